The number of nitrogens with zero attached hydrogens (tertiary/aromatic N) is 3. The van der Waals surface area contributed by atoms with E-state index in [9.17, 15) is 0 Å². The summed E-state index contributed by atoms with van der Waals surface area (Å²) in [7, 11) is 0. The number of hydrogen-bond acceptors (Lipinski definition) is 4. The smallest absolute Gasteiger partial charge is 0.157 e. The minimum absolute atomic E-state index is 0.0945. The number of aromatic nitrogens is 3. The van der Waals surface area contributed by atoms with Crippen LogP contribution in [0.4, 0.5) is 0 Å². The van der Waals surface area contributed by atoms with Gasteiger partial charge in [0.1, 0.15) is 11.6 Å². The molecule has 0 unspecified atom stereocenters. The second-order valence-corrected chi connectivity index (χ2v) is 6.86. The summed E-state index contributed by atoms with van der Waals surface area (Å²) in [5.74, 6) is 0.793. The Hall–Kier alpha value is -1.36. The van der Waals surface area contributed by atoms with Crippen molar-refractivity contribution in [2.24, 2.45) is 0 Å². The van der Waals surface area contributed by atoms with Gasteiger partial charge in [-0.3, -0.25) is 4.68 Å². The Morgan fingerprint density at radius 1 is 1.37 bits per heavy atom. The molecule has 19 heavy (non-hydrogen) atoms. The molecule has 0 aliphatic carbocycles. The zero-order valence-corrected chi connectivity index (χ0v) is 13.0. The maximum atomic E-state index is 5.71. The Bertz CT molecular complexity index is 537. The van der Waals surface area contributed by atoms with E-state index in [0.717, 1.165) is 16.5 Å². The van der Waals surface area contributed by atoms with Crippen molar-refractivity contribution in [2.75, 3.05) is 0 Å². The molecule has 0 atom stereocenters. The Morgan fingerprint density at radius 3 is 2.63 bits per heavy atom. The van der Waals surface area contributed by atoms with E-state index in [1.807, 2.05) is 10.9 Å². The first-order valence-corrected chi connectivity index (χ1v) is 7.36. The molecule has 0 saturated carbocycles. The molecule has 0 fully saturated rings. The molecule has 0 aliphatic heterocycles. The van der Waals surface area contributed by atoms with E-state index in [1.165, 1.54) is 0 Å². The molecule has 0 spiro atoms. The largest absolute Gasteiger partial charge is 0.483 e. The molecule has 2 aromatic heterocycles. The Morgan fingerprint density at radius 2 is 2.11 bits per heavy atom. The van der Waals surface area contributed by atoms with Crippen molar-refractivity contribution in [2.45, 2.75) is 52.7 Å². The van der Waals surface area contributed by atoms with Gasteiger partial charge in [0, 0.05) is 16.8 Å². The van der Waals surface area contributed by atoms with E-state index in [2.05, 4.69) is 50.1 Å². The molecule has 104 valence electrons. The fourth-order valence-corrected chi connectivity index (χ4v) is 2.48. The fourth-order valence-electron chi connectivity index (χ4n) is 1.54. The van der Waals surface area contributed by atoms with Crippen LogP contribution in [0.1, 0.15) is 51.4 Å². The SMILES string of the molecule is CC(C)n1cc(OCc2nc(C(C)(C)C)cs2)cn1. The van der Waals surface area contributed by atoms with E-state index in [0.29, 0.717) is 12.6 Å². The highest BCUT2D eigenvalue weighted by molar-refractivity contribution is 7.09. The van der Waals surface area contributed by atoms with Crippen LogP contribution in [0.3, 0.4) is 0 Å². The van der Waals surface area contributed by atoms with E-state index >= 15 is 0 Å². The van der Waals surface area contributed by atoms with Gasteiger partial charge in [0.25, 0.3) is 0 Å². The lowest BCUT2D eigenvalue weighted by atomic mass is 9.93. The van der Waals surface area contributed by atoms with Crippen LogP contribution < -0.4 is 4.74 Å². The predicted molar refractivity (Wildman–Crippen MR) is 77.8 cm³/mol. The predicted octanol–water partition coefficient (Wildman–Crippen LogP) is 3.80. The van der Waals surface area contributed by atoms with E-state index in [4.69, 9.17) is 4.74 Å². The van der Waals surface area contributed by atoms with Crippen LogP contribution in [0.5, 0.6) is 5.75 Å². The first-order valence-electron chi connectivity index (χ1n) is 6.48. The minimum atomic E-state index is 0.0945. The second kappa shape index (κ2) is 5.33. The lowest BCUT2D eigenvalue weighted by Crippen LogP contribution is -2.11. The third kappa shape index (κ3) is 3.56. The van der Waals surface area contributed by atoms with Crippen LogP contribution in [0.15, 0.2) is 17.8 Å². The molecule has 0 aromatic carbocycles. The summed E-state index contributed by atoms with van der Waals surface area (Å²) in [5, 5.41) is 7.36. The van der Waals surface area contributed by atoms with Crippen molar-refractivity contribution in [1.29, 1.82) is 0 Å². The highest BCUT2D eigenvalue weighted by Crippen LogP contribution is 2.24. The summed E-state index contributed by atoms with van der Waals surface area (Å²) in [6.45, 7) is 11.2. The molecule has 2 heterocycles. The number of ether oxygens (including phenoxy) is 1. The number of thiazole rings is 1. The summed E-state index contributed by atoms with van der Waals surface area (Å²) >= 11 is 1.65. The lowest BCUT2D eigenvalue weighted by Gasteiger charge is -2.14. The standard InChI is InChI=1S/C14H21N3OS/c1-10(2)17-7-11(6-15-17)18-8-13-16-12(9-19-13)14(3,4)5/h6-7,9-10H,8H2,1-5H3. The average Bonchev–Trinajstić information content (AvgIpc) is 2.95. The van der Waals surface area contributed by atoms with E-state index in [1.54, 1.807) is 17.5 Å². The Kier molecular flexibility index (Phi) is 3.94. The summed E-state index contributed by atoms with van der Waals surface area (Å²) in [4.78, 5) is 4.60. The van der Waals surface area contributed by atoms with Crippen molar-refractivity contribution >= 4 is 11.3 Å². The van der Waals surface area contributed by atoms with Gasteiger partial charge in [0.2, 0.25) is 0 Å². The first kappa shape index (κ1) is 14.1. The first-order chi connectivity index (χ1) is 8.86. The molecule has 0 N–H and O–H groups in total. The molecule has 4 nitrogen and oxygen atoms in total. The van der Waals surface area contributed by atoms with Gasteiger partial charge in [-0.15, -0.1) is 11.3 Å². The summed E-state index contributed by atoms with van der Waals surface area (Å²) in [6.07, 6.45) is 3.67. The van der Waals surface area contributed by atoms with Crippen LogP contribution in [0.2, 0.25) is 0 Å². The van der Waals surface area contributed by atoms with Crippen molar-refractivity contribution in [3.05, 3.63) is 28.5 Å². The molecule has 0 bridgehead atoms. The van der Waals surface area contributed by atoms with Gasteiger partial charge in [-0.05, 0) is 13.8 Å². The maximum Gasteiger partial charge on any atom is 0.157 e. The minimum Gasteiger partial charge on any atom is -0.483 e. The van der Waals surface area contributed by atoms with Crippen molar-refractivity contribution in [3.8, 4) is 5.75 Å². The topological polar surface area (TPSA) is 39.9 Å². The molecule has 0 aliphatic rings. The van der Waals surface area contributed by atoms with E-state index < -0.39 is 0 Å². The third-order valence-corrected chi connectivity index (χ3v) is 3.61. The van der Waals surface area contributed by atoms with Crippen molar-refractivity contribution in [3.63, 3.8) is 0 Å². The molecule has 0 radical (unpaired) electrons. The third-order valence-electron chi connectivity index (χ3n) is 2.79. The normalized spacial score (nSPS) is 12.1. The molecule has 5 heteroatoms. The van der Waals surface area contributed by atoms with Gasteiger partial charge < -0.3 is 4.74 Å². The average molecular weight is 279 g/mol. The summed E-state index contributed by atoms with van der Waals surface area (Å²) in [5.41, 5.74) is 1.21. The zero-order valence-electron chi connectivity index (χ0n) is 12.2. The van der Waals surface area contributed by atoms with Gasteiger partial charge in [0.15, 0.2) is 5.75 Å². The van der Waals surface area contributed by atoms with Gasteiger partial charge >= 0.3 is 0 Å². The number of hydrogen-bond donors (Lipinski definition) is 0. The number of rotatable bonds is 4. The van der Waals surface area contributed by atoms with Crippen LogP contribution in [-0.4, -0.2) is 14.8 Å². The summed E-state index contributed by atoms with van der Waals surface area (Å²) in [6, 6.07) is 0.352. The Labute approximate surface area is 118 Å². The monoisotopic (exact) mass is 279 g/mol. The van der Waals surface area contributed by atoms with Crippen LogP contribution in [0.25, 0.3) is 0 Å². The maximum absolute atomic E-state index is 5.71. The van der Waals surface area contributed by atoms with E-state index in [-0.39, 0.29) is 5.41 Å². The molecule has 0 amide bonds. The molecule has 2 rings (SSSR count). The zero-order chi connectivity index (χ0) is 14.0. The van der Waals surface area contributed by atoms with Gasteiger partial charge in [-0.25, -0.2) is 4.98 Å². The van der Waals surface area contributed by atoms with Gasteiger partial charge in [-0.2, -0.15) is 5.10 Å². The van der Waals surface area contributed by atoms with Crippen LogP contribution >= 0.6 is 11.3 Å². The Balaban J connectivity index is 1.96. The van der Waals surface area contributed by atoms with Crippen molar-refractivity contribution in [1.82, 2.24) is 14.8 Å². The molecular weight excluding hydrogens is 258 g/mol. The van der Waals surface area contributed by atoms with Gasteiger partial charge in [-0.1, -0.05) is 20.8 Å². The molecular formula is C14H21N3OS. The molecule has 2 aromatic rings. The summed E-state index contributed by atoms with van der Waals surface area (Å²) < 4.78 is 7.60. The van der Waals surface area contributed by atoms with Crippen LogP contribution in [-0.2, 0) is 12.0 Å². The quantitative estimate of drug-likeness (QED) is 0.854. The second-order valence-electron chi connectivity index (χ2n) is 5.91. The fraction of sp³-hybridized carbons (Fsp3) is 0.571. The molecule has 0 saturated heterocycles. The van der Waals surface area contributed by atoms with Crippen LogP contribution in [0, 0.1) is 0 Å². The van der Waals surface area contributed by atoms with Crippen molar-refractivity contribution < 1.29 is 4.74 Å². The lowest BCUT2D eigenvalue weighted by molar-refractivity contribution is 0.304. The highest BCUT2D eigenvalue weighted by atomic mass is 32.1. The van der Waals surface area contributed by atoms with Gasteiger partial charge in [0.05, 0.1) is 18.1 Å². The highest BCUT2D eigenvalue weighted by Gasteiger charge is 2.17.